The fourth-order valence-electron chi connectivity index (χ4n) is 3.56. The second kappa shape index (κ2) is 5.51. The van der Waals surface area contributed by atoms with Gasteiger partial charge in [-0.25, -0.2) is 0 Å². The highest BCUT2D eigenvalue weighted by Crippen LogP contribution is 2.28. The molecule has 19 heavy (non-hydrogen) atoms. The summed E-state index contributed by atoms with van der Waals surface area (Å²) in [6.07, 6.45) is 4.17. The molecule has 0 saturated carbocycles. The standard InChI is InChI=1S/C16H25N3/c1-13(14-5-4-6-15(17)11-14)19-10-9-18-8-3-2-7-16(18)12-19/h4-6,11,13,16H,2-3,7-10,12,17H2,1H3. The number of hydrogen-bond donors (Lipinski definition) is 1. The van der Waals surface area contributed by atoms with Crippen LogP contribution >= 0.6 is 0 Å². The van der Waals surface area contributed by atoms with E-state index in [1.54, 1.807) is 0 Å². The molecule has 2 unspecified atom stereocenters. The highest BCUT2D eigenvalue weighted by atomic mass is 15.3. The van der Waals surface area contributed by atoms with E-state index in [2.05, 4.69) is 34.9 Å². The van der Waals surface area contributed by atoms with Gasteiger partial charge in [-0.1, -0.05) is 18.6 Å². The summed E-state index contributed by atoms with van der Waals surface area (Å²) < 4.78 is 0. The molecule has 2 atom stereocenters. The first-order chi connectivity index (χ1) is 9.24. The Balaban J connectivity index is 1.69. The summed E-state index contributed by atoms with van der Waals surface area (Å²) in [5.74, 6) is 0. The van der Waals surface area contributed by atoms with Crippen LogP contribution in [0.2, 0.25) is 0 Å². The van der Waals surface area contributed by atoms with E-state index in [1.165, 1.54) is 51.0 Å². The van der Waals surface area contributed by atoms with Crippen molar-refractivity contribution >= 4 is 5.69 Å². The molecule has 0 amide bonds. The number of benzene rings is 1. The Labute approximate surface area is 116 Å². The van der Waals surface area contributed by atoms with E-state index in [-0.39, 0.29) is 0 Å². The smallest absolute Gasteiger partial charge is 0.0321 e. The summed E-state index contributed by atoms with van der Waals surface area (Å²) in [7, 11) is 0. The van der Waals surface area contributed by atoms with Crippen molar-refractivity contribution in [3.05, 3.63) is 29.8 Å². The van der Waals surface area contributed by atoms with Gasteiger partial charge in [-0.05, 0) is 44.0 Å². The first-order valence-electron chi connectivity index (χ1n) is 7.57. The third-order valence-corrected chi connectivity index (χ3v) is 4.81. The zero-order valence-corrected chi connectivity index (χ0v) is 11.9. The fraction of sp³-hybridized carbons (Fsp3) is 0.625. The fourth-order valence-corrected chi connectivity index (χ4v) is 3.56. The van der Waals surface area contributed by atoms with E-state index in [0.29, 0.717) is 6.04 Å². The van der Waals surface area contributed by atoms with Gasteiger partial charge in [0.05, 0.1) is 0 Å². The van der Waals surface area contributed by atoms with Crippen LogP contribution in [0.1, 0.15) is 37.8 Å². The maximum atomic E-state index is 5.91. The zero-order chi connectivity index (χ0) is 13.2. The Morgan fingerprint density at radius 2 is 2.11 bits per heavy atom. The van der Waals surface area contributed by atoms with Crippen molar-refractivity contribution in [2.45, 2.75) is 38.3 Å². The number of piperazine rings is 1. The predicted molar refractivity (Wildman–Crippen MR) is 80.1 cm³/mol. The van der Waals surface area contributed by atoms with E-state index in [1.807, 2.05) is 6.07 Å². The maximum Gasteiger partial charge on any atom is 0.0321 e. The molecule has 2 aliphatic rings. The molecule has 0 radical (unpaired) electrons. The lowest BCUT2D eigenvalue weighted by molar-refractivity contribution is 0.0307. The lowest BCUT2D eigenvalue weighted by atomic mass is 9.97. The van der Waals surface area contributed by atoms with Crippen molar-refractivity contribution < 1.29 is 0 Å². The van der Waals surface area contributed by atoms with Crippen LogP contribution in [0.5, 0.6) is 0 Å². The minimum absolute atomic E-state index is 0.479. The van der Waals surface area contributed by atoms with Crippen molar-refractivity contribution in [3.63, 3.8) is 0 Å². The van der Waals surface area contributed by atoms with Gasteiger partial charge in [-0.15, -0.1) is 0 Å². The largest absolute Gasteiger partial charge is 0.399 e. The first-order valence-corrected chi connectivity index (χ1v) is 7.57. The van der Waals surface area contributed by atoms with Crippen molar-refractivity contribution in [1.82, 2.24) is 9.80 Å². The number of piperidine rings is 1. The molecule has 2 aliphatic heterocycles. The molecule has 0 aromatic heterocycles. The topological polar surface area (TPSA) is 32.5 Å². The molecule has 3 nitrogen and oxygen atoms in total. The monoisotopic (exact) mass is 259 g/mol. The third-order valence-electron chi connectivity index (χ3n) is 4.81. The number of anilines is 1. The van der Waals surface area contributed by atoms with E-state index < -0.39 is 0 Å². The quantitative estimate of drug-likeness (QED) is 0.828. The van der Waals surface area contributed by atoms with Crippen molar-refractivity contribution in [1.29, 1.82) is 0 Å². The highest BCUT2D eigenvalue weighted by molar-refractivity contribution is 5.41. The molecular formula is C16H25N3. The number of fused-ring (bicyclic) bond motifs is 1. The summed E-state index contributed by atoms with van der Waals surface area (Å²) >= 11 is 0. The van der Waals surface area contributed by atoms with Gasteiger partial charge in [0.15, 0.2) is 0 Å². The average Bonchev–Trinajstić information content (AvgIpc) is 2.46. The minimum Gasteiger partial charge on any atom is -0.399 e. The second-order valence-corrected chi connectivity index (χ2v) is 6.03. The van der Waals surface area contributed by atoms with Crippen LogP contribution in [0, 0.1) is 0 Å². The molecule has 2 heterocycles. The molecular weight excluding hydrogens is 234 g/mol. The maximum absolute atomic E-state index is 5.91. The number of nitrogens with two attached hydrogens (primary N) is 1. The Bertz CT molecular complexity index is 432. The van der Waals surface area contributed by atoms with Crippen LogP contribution < -0.4 is 5.73 Å². The van der Waals surface area contributed by atoms with Crippen LogP contribution in [-0.2, 0) is 0 Å². The van der Waals surface area contributed by atoms with Gasteiger partial charge in [0, 0.05) is 37.4 Å². The summed E-state index contributed by atoms with van der Waals surface area (Å²) in [5.41, 5.74) is 8.13. The number of nitrogens with zero attached hydrogens (tertiary/aromatic N) is 2. The zero-order valence-electron chi connectivity index (χ0n) is 11.9. The van der Waals surface area contributed by atoms with Crippen LogP contribution in [0.4, 0.5) is 5.69 Å². The van der Waals surface area contributed by atoms with Gasteiger partial charge in [0.25, 0.3) is 0 Å². The van der Waals surface area contributed by atoms with Gasteiger partial charge in [0.1, 0.15) is 0 Å². The van der Waals surface area contributed by atoms with Gasteiger partial charge in [0.2, 0.25) is 0 Å². The lowest BCUT2D eigenvalue weighted by Gasteiger charge is -2.46. The SMILES string of the molecule is CC(c1cccc(N)c1)N1CCN2CCCCC2C1. The molecule has 2 saturated heterocycles. The molecule has 104 valence electrons. The van der Waals surface area contributed by atoms with E-state index >= 15 is 0 Å². The normalized spacial score (nSPS) is 26.9. The van der Waals surface area contributed by atoms with Gasteiger partial charge < -0.3 is 5.73 Å². The Kier molecular flexibility index (Phi) is 3.76. The molecule has 0 aliphatic carbocycles. The van der Waals surface area contributed by atoms with Crippen LogP contribution in [0.15, 0.2) is 24.3 Å². The number of rotatable bonds is 2. The lowest BCUT2D eigenvalue weighted by Crippen LogP contribution is -2.55. The Hall–Kier alpha value is -1.06. The van der Waals surface area contributed by atoms with Crippen molar-refractivity contribution in [2.75, 3.05) is 31.9 Å². The van der Waals surface area contributed by atoms with Crippen LogP contribution in [0.3, 0.4) is 0 Å². The van der Waals surface area contributed by atoms with Crippen LogP contribution in [0.25, 0.3) is 0 Å². The highest BCUT2D eigenvalue weighted by Gasteiger charge is 2.31. The second-order valence-electron chi connectivity index (χ2n) is 6.03. The van der Waals surface area contributed by atoms with E-state index in [0.717, 1.165) is 11.7 Å². The van der Waals surface area contributed by atoms with Crippen molar-refractivity contribution in [2.24, 2.45) is 0 Å². The molecule has 2 fully saturated rings. The molecule has 3 rings (SSSR count). The van der Waals surface area contributed by atoms with Gasteiger partial charge in [-0.2, -0.15) is 0 Å². The Morgan fingerprint density at radius 1 is 1.21 bits per heavy atom. The molecule has 0 spiro atoms. The van der Waals surface area contributed by atoms with Crippen molar-refractivity contribution in [3.8, 4) is 0 Å². The number of nitrogen functional groups attached to an aromatic ring is 1. The molecule has 1 aromatic rings. The van der Waals surface area contributed by atoms with Gasteiger partial charge >= 0.3 is 0 Å². The summed E-state index contributed by atoms with van der Waals surface area (Å²) in [6.45, 7) is 7.26. The Morgan fingerprint density at radius 3 is 2.95 bits per heavy atom. The van der Waals surface area contributed by atoms with Gasteiger partial charge in [-0.3, -0.25) is 9.80 Å². The molecule has 3 heteroatoms. The van der Waals surface area contributed by atoms with E-state index in [4.69, 9.17) is 5.73 Å². The molecule has 2 N–H and O–H groups in total. The third kappa shape index (κ3) is 2.77. The summed E-state index contributed by atoms with van der Waals surface area (Å²) in [6, 6.07) is 9.62. The molecule has 1 aromatic carbocycles. The molecule has 0 bridgehead atoms. The first kappa shape index (κ1) is 12.9. The minimum atomic E-state index is 0.479. The predicted octanol–water partition coefficient (Wildman–Crippen LogP) is 2.50. The van der Waals surface area contributed by atoms with Crippen LogP contribution in [-0.4, -0.2) is 42.0 Å². The number of hydrogen-bond acceptors (Lipinski definition) is 3. The van der Waals surface area contributed by atoms with E-state index in [9.17, 15) is 0 Å². The summed E-state index contributed by atoms with van der Waals surface area (Å²) in [4.78, 5) is 5.31. The summed E-state index contributed by atoms with van der Waals surface area (Å²) in [5, 5.41) is 0. The average molecular weight is 259 g/mol.